The number of hydrogen-bond donors (Lipinski definition) is 1. The number of hydrogen-bond acceptors (Lipinski definition) is 3. The zero-order chi connectivity index (χ0) is 11.9. The maximum absolute atomic E-state index is 6.21. The van der Waals surface area contributed by atoms with E-state index in [4.69, 9.17) is 5.73 Å². The molecular formula is C12H22N4. The van der Waals surface area contributed by atoms with Gasteiger partial charge in [0, 0.05) is 20.1 Å². The molecule has 1 aliphatic heterocycles. The Morgan fingerprint density at radius 3 is 2.56 bits per heavy atom. The Labute approximate surface area is 97.4 Å². The second-order valence-electron chi connectivity index (χ2n) is 5.24. The molecule has 2 heterocycles. The van der Waals surface area contributed by atoms with Gasteiger partial charge >= 0.3 is 0 Å². The summed E-state index contributed by atoms with van der Waals surface area (Å²) in [5.74, 6) is 2.25. The quantitative estimate of drug-likeness (QED) is 0.832. The van der Waals surface area contributed by atoms with Crippen LogP contribution in [0.5, 0.6) is 0 Å². The van der Waals surface area contributed by atoms with Crippen LogP contribution in [0.4, 0.5) is 11.5 Å². The van der Waals surface area contributed by atoms with Crippen LogP contribution in [0.25, 0.3) is 0 Å². The number of nitrogens with zero attached hydrogens (tertiary/aromatic N) is 3. The maximum Gasteiger partial charge on any atom is 0.150 e. The first kappa shape index (κ1) is 11.3. The highest BCUT2D eigenvalue weighted by Crippen LogP contribution is 2.33. The molecule has 4 heteroatoms. The Hall–Kier alpha value is -1.19. The van der Waals surface area contributed by atoms with Crippen molar-refractivity contribution in [2.45, 2.75) is 33.1 Å². The molecule has 1 aromatic rings. The van der Waals surface area contributed by atoms with Crippen LogP contribution in [0.2, 0.25) is 0 Å². The van der Waals surface area contributed by atoms with Crippen LogP contribution in [-0.4, -0.2) is 22.9 Å². The summed E-state index contributed by atoms with van der Waals surface area (Å²) in [6.45, 7) is 8.75. The van der Waals surface area contributed by atoms with Crippen LogP contribution in [0.3, 0.4) is 0 Å². The molecule has 0 aliphatic carbocycles. The first-order chi connectivity index (χ1) is 7.50. The average molecular weight is 222 g/mol. The van der Waals surface area contributed by atoms with Crippen LogP contribution in [0, 0.1) is 5.92 Å². The van der Waals surface area contributed by atoms with Gasteiger partial charge in [-0.3, -0.25) is 4.68 Å². The van der Waals surface area contributed by atoms with Crippen molar-refractivity contribution in [1.29, 1.82) is 0 Å². The van der Waals surface area contributed by atoms with Gasteiger partial charge in [-0.2, -0.15) is 5.10 Å². The number of nitrogens with two attached hydrogens (primary N) is 1. The summed E-state index contributed by atoms with van der Waals surface area (Å²) in [6, 6.07) is 0. The van der Waals surface area contributed by atoms with Gasteiger partial charge in [0.1, 0.15) is 5.82 Å². The Bertz CT molecular complexity index is 381. The fourth-order valence-electron chi connectivity index (χ4n) is 2.48. The molecule has 0 saturated carbocycles. The fourth-order valence-corrected chi connectivity index (χ4v) is 2.48. The SMILES string of the molecule is CC1CCN(c2c(N)c(C(C)C)nn2C)C1. The molecule has 1 unspecified atom stereocenters. The van der Waals surface area contributed by atoms with E-state index in [9.17, 15) is 0 Å². The molecule has 0 bridgehead atoms. The number of rotatable bonds is 2. The third-order valence-electron chi connectivity index (χ3n) is 3.35. The summed E-state index contributed by atoms with van der Waals surface area (Å²) in [6.07, 6.45) is 1.25. The van der Waals surface area contributed by atoms with Crippen molar-refractivity contribution in [1.82, 2.24) is 9.78 Å². The molecule has 90 valence electrons. The summed E-state index contributed by atoms with van der Waals surface area (Å²) >= 11 is 0. The molecule has 0 spiro atoms. The molecule has 4 nitrogen and oxygen atoms in total. The van der Waals surface area contributed by atoms with Crippen molar-refractivity contribution in [2.24, 2.45) is 13.0 Å². The van der Waals surface area contributed by atoms with Crippen molar-refractivity contribution in [3.05, 3.63) is 5.69 Å². The van der Waals surface area contributed by atoms with Gasteiger partial charge in [0.05, 0.1) is 11.4 Å². The topological polar surface area (TPSA) is 47.1 Å². The van der Waals surface area contributed by atoms with Crippen LogP contribution >= 0.6 is 0 Å². The average Bonchev–Trinajstić information content (AvgIpc) is 2.71. The Kier molecular flexibility index (Phi) is 2.82. The zero-order valence-corrected chi connectivity index (χ0v) is 10.7. The smallest absolute Gasteiger partial charge is 0.150 e. The van der Waals surface area contributed by atoms with Crippen LogP contribution < -0.4 is 10.6 Å². The van der Waals surface area contributed by atoms with Crippen molar-refractivity contribution in [3.8, 4) is 0 Å². The Morgan fingerprint density at radius 2 is 2.12 bits per heavy atom. The molecule has 2 rings (SSSR count). The zero-order valence-electron chi connectivity index (χ0n) is 10.7. The number of anilines is 2. The van der Waals surface area contributed by atoms with E-state index in [1.54, 1.807) is 0 Å². The van der Waals surface area contributed by atoms with Gasteiger partial charge in [-0.1, -0.05) is 20.8 Å². The lowest BCUT2D eigenvalue weighted by molar-refractivity contribution is 0.654. The fraction of sp³-hybridized carbons (Fsp3) is 0.750. The molecule has 0 amide bonds. The first-order valence-electron chi connectivity index (χ1n) is 6.08. The Balaban J connectivity index is 2.34. The predicted molar refractivity (Wildman–Crippen MR) is 67.7 cm³/mol. The van der Waals surface area contributed by atoms with Gasteiger partial charge in [-0.25, -0.2) is 0 Å². The molecule has 1 aliphatic rings. The molecule has 1 fully saturated rings. The standard InChI is InChI=1S/C12H22N4/c1-8(2)11-10(13)12(15(4)14-11)16-6-5-9(3)7-16/h8-9H,5-7,13H2,1-4H3. The van der Waals surface area contributed by atoms with E-state index in [1.165, 1.54) is 6.42 Å². The second kappa shape index (κ2) is 4.00. The molecule has 1 atom stereocenters. The molecule has 0 radical (unpaired) electrons. The van der Waals surface area contributed by atoms with E-state index >= 15 is 0 Å². The van der Waals surface area contributed by atoms with Crippen LogP contribution in [-0.2, 0) is 7.05 Å². The van der Waals surface area contributed by atoms with Crippen LogP contribution in [0.15, 0.2) is 0 Å². The molecular weight excluding hydrogens is 200 g/mol. The molecule has 16 heavy (non-hydrogen) atoms. The lowest BCUT2D eigenvalue weighted by atomic mass is 10.1. The van der Waals surface area contributed by atoms with E-state index in [2.05, 4.69) is 30.8 Å². The number of aryl methyl sites for hydroxylation is 1. The van der Waals surface area contributed by atoms with Crippen molar-refractivity contribution in [2.75, 3.05) is 23.7 Å². The minimum Gasteiger partial charge on any atom is -0.394 e. The van der Waals surface area contributed by atoms with Crippen molar-refractivity contribution < 1.29 is 0 Å². The molecule has 1 aromatic heterocycles. The van der Waals surface area contributed by atoms with E-state index < -0.39 is 0 Å². The molecule has 1 saturated heterocycles. The highest BCUT2D eigenvalue weighted by atomic mass is 15.4. The first-order valence-corrected chi connectivity index (χ1v) is 6.08. The lowest BCUT2D eigenvalue weighted by Crippen LogP contribution is -2.22. The van der Waals surface area contributed by atoms with E-state index in [0.717, 1.165) is 36.2 Å². The van der Waals surface area contributed by atoms with Crippen LogP contribution in [0.1, 0.15) is 38.8 Å². The van der Waals surface area contributed by atoms with Gasteiger partial charge in [0.15, 0.2) is 0 Å². The minimum absolute atomic E-state index is 0.389. The van der Waals surface area contributed by atoms with E-state index in [-0.39, 0.29) is 0 Å². The second-order valence-corrected chi connectivity index (χ2v) is 5.24. The number of nitrogen functional groups attached to an aromatic ring is 1. The van der Waals surface area contributed by atoms with Gasteiger partial charge in [-0.05, 0) is 18.3 Å². The predicted octanol–water partition coefficient (Wildman–Crippen LogP) is 1.97. The van der Waals surface area contributed by atoms with E-state index in [0.29, 0.717) is 5.92 Å². The lowest BCUT2D eigenvalue weighted by Gasteiger charge is -2.18. The minimum atomic E-state index is 0.389. The summed E-state index contributed by atoms with van der Waals surface area (Å²) in [5, 5.41) is 4.53. The highest BCUT2D eigenvalue weighted by Gasteiger charge is 2.25. The molecule has 2 N–H and O–H groups in total. The van der Waals surface area contributed by atoms with Gasteiger partial charge < -0.3 is 10.6 Å². The summed E-state index contributed by atoms with van der Waals surface area (Å²) in [7, 11) is 1.99. The summed E-state index contributed by atoms with van der Waals surface area (Å²) in [5.41, 5.74) is 8.10. The largest absolute Gasteiger partial charge is 0.394 e. The van der Waals surface area contributed by atoms with Crippen molar-refractivity contribution >= 4 is 11.5 Å². The Morgan fingerprint density at radius 1 is 1.44 bits per heavy atom. The summed E-state index contributed by atoms with van der Waals surface area (Å²) < 4.78 is 1.93. The monoisotopic (exact) mass is 222 g/mol. The van der Waals surface area contributed by atoms with Gasteiger partial charge in [-0.15, -0.1) is 0 Å². The molecule has 0 aromatic carbocycles. The summed E-state index contributed by atoms with van der Waals surface area (Å²) in [4.78, 5) is 2.36. The normalized spacial score (nSPS) is 21.1. The van der Waals surface area contributed by atoms with Gasteiger partial charge in [0.2, 0.25) is 0 Å². The third-order valence-corrected chi connectivity index (χ3v) is 3.35. The number of aromatic nitrogens is 2. The highest BCUT2D eigenvalue weighted by molar-refractivity contribution is 5.67. The maximum atomic E-state index is 6.21. The van der Waals surface area contributed by atoms with E-state index in [1.807, 2.05) is 11.7 Å². The third kappa shape index (κ3) is 1.77. The van der Waals surface area contributed by atoms with Crippen molar-refractivity contribution in [3.63, 3.8) is 0 Å². The van der Waals surface area contributed by atoms with Gasteiger partial charge in [0.25, 0.3) is 0 Å².